The van der Waals surface area contributed by atoms with Gasteiger partial charge < -0.3 is 4.90 Å². The zero-order valence-electron chi connectivity index (χ0n) is 10.6. The molecule has 0 spiro atoms. The first-order chi connectivity index (χ1) is 9.29. The van der Waals surface area contributed by atoms with Gasteiger partial charge in [0.15, 0.2) is 0 Å². The Morgan fingerprint density at radius 2 is 2.00 bits per heavy atom. The van der Waals surface area contributed by atoms with E-state index in [0.29, 0.717) is 5.56 Å². The summed E-state index contributed by atoms with van der Waals surface area (Å²) in [5.74, 6) is -0.289. The predicted molar refractivity (Wildman–Crippen MR) is 72.5 cm³/mol. The lowest BCUT2D eigenvalue weighted by Crippen LogP contribution is -2.30. The van der Waals surface area contributed by atoms with Crippen molar-refractivity contribution in [2.45, 2.75) is 19.3 Å². The first kappa shape index (κ1) is 11.9. The Hall–Kier alpha value is -2.15. The number of fused-ring (bicyclic) bond motifs is 1. The van der Waals surface area contributed by atoms with E-state index >= 15 is 0 Å². The second-order valence-electron chi connectivity index (χ2n) is 4.84. The van der Waals surface area contributed by atoms with Crippen molar-refractivity contribution in [3.05, 3.63) is 35.8 Å². The Balaban J connectivity index is 2.23. The van der Waals surface area contributed by atoms with Crippen molar-refractivity contribution in [1.29, 1.82) is 5.26 Å². The Kier molecular flexibility index (Phi) is 3.04. The number of pyridine rings is 1. The van der Waals surface area contributed by atoms with Crippen LogP contribution in [0, 0.1) is 17.1 Å². The second-order valence-corrected chi connectivity index (χ2v) is 4.84. The van der Waals surface area contributed by atoms with Crippen molar-refractivity contribution in [3.63, 3.8) is 0 Å². The molecule has 2 aromatic rings. The molecule has 1 aromatic heterocycles. The van der Waals surface area contributed by atoms with Gasteiger partial charge in [-0.15, -0.1) is 0 Å². The number of anilines is 1. The van der Waals surface area contributed by atoms with Crippen LogP contribution in [0.3, 0.4) is 0 Å². The van der Waals surface area contributed by atoms with Crippen molar-refractivity contribution >= 4 is 16.6 Å². The fourth-order valence-corrected chi connectivity index (χ4v) is 2.69. The number of hydrogen-bond donors (Lipinski definition) is 0. The minimum absolute atomic E-state index is 0.289. The van der Waals surface area contributed by atoms with Gasteiger partial charge in [-0.1, -0.05) is 0 Å². The monoisotopic (exact) mass is 255 g/mol. The van der Waals surface area contributed by atoms with Crippen LogP contribution in [-0.2, 0) is 0 Å². The number of benzene rings is 1. The number of hydrogen-bond acceptors (Lipinski definition) is 3. The second kappa shape index (κ2) is 4.85. The van der Waals surface area contributed by atoms with Crippen LogP contribution >= 0.6 is 0 Å². The largest absolute Gasteiger partial charge is 0.370 e. The molecule has 2 heterocycles. The van der Waals surface area contributed by atoms with Gasteiger partial charge in [-0.05, 0) is 37.5 Å². The topological polar surface area (TPSA) is 39.9 Å². The van der Waals surface area contributed by atoms with E-state index in [9.17, 15) is 9.65 Å². The molecule has 0 atom stereocenters. The molecule has 0 N–H and O–H groups in total. The van der Waals surface area contributed by atoms with E-state index in [-0.39, 0.29) is 5.82 Å². The maximum atomic E-state index is 13.5. The molecular formula is C15H14FN3. The van der Waals surface area contributed by atoms with Crippen LogP contribution in [0.1, 0.15) is 24.8 Å². The number of aromatic nitrogens is 1. The van der Waals surface area contributed by atoms with Crippen LogP contribution in [0.5, 0.6) is 0 Å². The third-order valence-corrected chi connectivity index (χ3v) is 3.59. The third kappa shape index (κ3) is 2.12. The van der Waals surface area contributed by atoms with Gasteiger partial charge in [0.1, 0.15) is 11.9 Å². The van der Waals surface area contributed by atoms with E-state index < -0.39 is 0 Å². The van der Waals surface area contributed by atoms with E-state index in [1.807, 2.05) is 0 Å². The van der Waals surface area contributed by atoms with Crippen LogP contribution in [-0.4, -0.2) is 18.1 Å². The molecule has 0 bridgehead atoms. The van der Waals surface area contributed by atoms with E-state index in [1.165, 1.54) is 18.6 Å². The normalized spacial score (nSPS) is 15.5. The fraction of sp³-hybridized carbons (Fsp3) is 0.333. The number of halogens is 1. The lowest BCUT2D eigenvalue weighted by molar-refractivity contribution is 0.578. The highest BCUT2D eigenvalue weighted by molar-refractivity contribution is 5.94. The smallest absolute Gasteiger partial charge is 0.124 e. The molecule has 0 amide bonds. The molecule has 19 heavy (non-hydrogen) atoms. The quantitative estimate of drug-likeness (QED) is 0.785. The van der Waals surface area contributed by atoms with Crippen molar-refractivity contribution in [2.24, 2.45) is 0 Å². The molecular weight excluding hydrogens is 241 g/mol. The maximum Gasteiger partial charge on any atom is 0.124 e. The summed E-state index contributed by atoms with van der Waals surface area (Å²) in [5, 5.41) is 10.0. The molecule has 0 aliphatic carbocycles. The van der Waals surface area contributed by atoms with Gasteiger partial charge in [-0.3, -0.25) is 4.98 Å². The molecule has 4 heteroatoms. The maximum absolute atomic E-state index is 13.5. The van der Waals surface area contributed by atoms with Crippen molar-refractivity contribution in [2.75, 3.05) is 18.0 Å². The molecule has 1 aromatic carbocycles. The van der Waals surface area contributed by atoms with E-state index in [0.717, 1.165) is 42.5 Å². The molecule has 96 valence electrons. The zero-order valence-corrected chi connectivity index (χ0v) is 10.6. The van der Waals surface area contributed by atoms with Gasteiger partial charge in [0, 0.05) is 24.7 Å². The van der Waals surface area contributed by atoms with Crippen LogP contribution < -0.4 is 4.90 Å². The number of nitrogens with zero attached hydrogens (tertiary/aromatic N) is 3. The highest BCUT2D eigenvalue weighted by Gasteiger charge is 2.18. The Morgan fingerprint density at radius 3 is 2.74 bits per heavy atom. The van der Waals surface area contributed by atoms with Crippen molar-refractivity contribution in [1.82, 2.24) is 4.98 Å². The summed E-state index contributed by atoms with van der Waals surface area (Å²) < 4.78 is 13.5. The summed E-state index contributed by atoms with van der Waals surface area (Å²) >= 11 is 0. The standard InChI is InChI=1S/C15H14FN3/c16-12-4-5-14-13(8-12)15(11(9-17)10-18-14)19-6-2-1-3-7-19/h4-5,8,10H,1-3,6-7H2. The van der Waals surface area contributed by atoms with Crippen molar-refractivity contribution < 1.29 is 4.39 Å². The van der Waals surface area contributed by atoms with Gasteiger partial charge >= 0.3 is 0 Å². The average molecular weight is 255 g/mol. The van der Waals surface area contributed by atoms with Gasteiger partial charge in [-0.25, -0.2) is 4.39 Å². The molecule has 3 nitrogen and oxygen atoms in total. The van der Waals surface area contributed by atoms with Gasteiger partial charge in [0.25, 0.3) is 0 Å². The summed E-state index contributed by atoms with van der Waals surface area (Å²) in [7, 11) is 0. The fourth-order valence-electron chi connectivity index (χ4n) is 2.69. The number of rotatable bonds is 1. The molecule has 3 rings (SSSR count). The van der Waals surface area contributed by atoms with Gasteiger partial charge in [0.2, 0.25) is 0 Å². The van der Waals surface area contributed by atoms with E-state index in [1.54, 1.807) is 12.3 Å². The lowest BCUT2D eigenvalue weighted by atomic mass is 10.0. The number of piperidine rings is 1. The minimum Gasteiger partial charge on any atom is -0.370 e. The summed E-state index contributed by atoms with van der Waals surface area (Å²) in [5.41, 5.74) is 2.10. The average Bonchev–Trinajstić information content (AvgIpc) is 2.46. The van der Waals surface area contributed by atoms with E-state index in [2.05, 4.69) is 16.0 Å². The summed E-state index contributed by atoms with van der Waals surface area (Å²) in [4.78, 5) is 6.42. The molecule has 1 fully saturated rings. The van der Waals surface area contributed by atoms with Crippen LogP contribution in [0.15, 0.2) is 24.4 Å². The molecule has 1 aliphatic rings. The molecule has 1 aliphatic heterocycles. The SMILES string of the molecule is N#Cc1cnc2ccc(F)cc2c1N1CCCCC1. The summed E-state index contributed by atoms with van der Waals surface area (Å²) in [6, 6.07) is 6.73. The van der Waals surface area contributed by atoms with Crippen LogP contribution in [0.25, 0.3) is 10.9 Å². The highest BCUT2D eigenvalue weighted by Crippen LogP contribution is 2.31. The Morgan fingerprint density at radius 1 is 1.21 bits per heavy atom. The zero-order chi connectivity index (χ0) is 13.2. The molecule has 1 saturated heterocycles. The first-order valence-corrected chi connectivity index (χ1v) is 6.53. The number of nitriles is 1. The summed E-state index contributed by atoms with van der Waals surface area (Å²) in [6.45, 7) is 1.84. The Bertz CT molecular complexity index is 654. The Labute approximate surface area is 111 Å². The predicted octanol–water partition coefficient (Wildman–Crippen LogP) is 3.24. The first-order valence-electron chi connectivity index (χ1n) is 6.53. The van der Waals surface area contributed by atoms with Crippen molar-refractivity contribution in [3.8, 4) is 6.07 Å². The van der Waals surface area contributed by atoms with Crippen LogP contribution in [0.4, 0.5) is 10.1 Å². The minimum atomic E-state index is -0.289. The lowest BCUT2D eigenvalue weighted by Gasteiger charge is -2.30. The molecule has 0 saturated carbocycles. The van der Waals surface area contributed by atoms with Gasteiger partial charge in [-0.2, -0.15) is 5.26 Å². The van der Waals surface area contributed by atoms with Gasteiger partial charge in [0.05, 0.1) is 16.8 Å². The molecule has 0 radical (unpaired) electrons. The highest BCUT2D eigenvalue weighted by atomic mass is 19.1. The summed E-state index contributed by atoms with van der Waals surface area (Å²) in [6.07, 6.45) is 5.04. The van der Waals surface area contributed by atoms with E-state index in [4.69, 9.17) is 0 Å². The third-order valence-electron chi connectivity index (χ3n) is 3.59. The molecule has 0 unspecified atom stereocenters. The van der Waals surface area contributed by atoms with Crippen LogP contribution in [0.2, 0.25) is 0 Å².